The molecule has 0 bridgehead atoms. The maximum atomic E-state index is 15.3. The van der Waals surface area contributed by atoms with Crippen LogP contribution >= 0.6 is 34.5 Å². The first-order chi connectivity index (χ1) is 25.2. The number of phenolic OH excluding ortho intramolecular Hbond substituents is 1. The van der Waals surface area contributed by atoms with Gasteiger partial charge in [-0.2, -0.15) is 18.2 Å². The summed E-state index contributed by atoms with van der Waals surface area (Å²) in [6.45, 7) is 0.0621. The van der Waals surface area contributed by atoms with E-state index in [1.54, 1.807) is 12.1 Å². The number of anilines is 1. The fourth-order valence-corrected chi connectivity index (χ4v) is 9.70. The van der Waals surface area contributed by atoms with Crippen molar-refractivity contribution in [2.45, 2.75) is 36.9 Å². The lowest BCUT2D eigenvalue weighted by Crippen LogP contribution is -2.53. The summed E-state index contributed by atoms with van der Waals surface area (Å²) in [5.74, 6) is -9.82. The first kappa shape index (κ1) is 35.3. The molecule has 0 radical (unpaired) electrons. The Morgan fingerprint density at radius 2 is 1.74 bits per heavy atom. The molecular weight excluding hydrogens is 759 g/mol. The number of alkyl halides is 3. The molecule has 2 saturated heterocycles. The van der Waals surface area contributed by atoms with Crippen molar-refractivity contribution in [2.75, 3.05) is 5.43 Å². The Balaban J connectivity index is 1.30. The molecule has 2 aromatic heterocycles. The quantitative estimate of drug-likeness (QED) is 0.118. The molecule has 2 N–H and O–H groups in total. The van der Waals surface area contributed by atoms with Crippen LogP contribution in [0.5, 0.6) is 5.75 Å². The zero-order valence-corrected chi connectivity index (χ0v) is 29.4. The smallest absolute Gasteiger partial charge is 0.417 e. The Kier molecular flexibility index (Phi) is 8.43. The number of fused-ring (bicyclic) bond motifs is 4. The third kappa shape index (κ3) is 5.36. The lowest BCUT2D eigenvalue weighted by atomic mass is 9.49. The van der Waals surface area contributed by atoms with Crippen LogP contribution in [0.3, 0.4) is 0 Å². The number of rotatable bonds is 6. The van der Waals surface area contributed by atoms with Gasteiger partial charge in [-0.25, -0.2) is 9.37 Å². The molecule has 0 unspecified atom stereocenters. The predicted octanol–water partition coefficient (Wildman–Crippen LogP) is 7.50. The minimum absolute atomic E-state index is 0.0414. The van der Waals surface area contributed by atoms with E-state index in [1.807, 2.05) is 11.4 Å². The van der Waals surface area contributed by atoms with Gasteiger partial charge in [-0.15, -0.1) is 11.3 Å². The number of hydrogen-bond donors (Lipinski definition) is 2. The molecule has 2 aliphatic heterocycles. The highest BCUT2D eigenvalue weighted by Crippen LogP contribution is 2.65. The van der Waals surface area contributed by atoms with Crippen LogP contribution in [0.2, 0.25) is 10.0 Å². The number of hydrogen-bond acceptors (Lipinski definition) is 8. The average molecular weight is 786 g/mol. The molecule has 53 heavy (non-hydrogen) atoms. The third-order valence-corrected chi connectivity index (χ3v) is 12.3. The number of carbonyl (C=O) groups is 4. The van der Waals surface area contributed by atoms with Gasteiger partial charge in [0.25, 0.3) is 11.8 Å². The standard InChI is InChI=1S/C37H26Cl2F4N4O5S/c38-19-8-6-17(7-9-19)36-25(33(50)47(35(36)52)45-31-26(39)13-18(15-44-31)37(41,42)43)14-24-21(29(36)23-4-1-5-27(40)30(23)48)10-11-22-28(24)34(51)46(32(22)49)16-20-3-2-12-53-20/h1-10,12-13,15,22,24-25,28-29,48H,11,14,16H2,(H,44,45)/t22-,24+,25-,28-,29+,36+/m0/s1. The zero-order chi connectivity index (χ0) is 37.6. The number of allylic oxidation sites excluding steroid dienone is 2. The van der Waals surface area contributed by atoms with Crippen LogP contribution in [0.1, 0.15) is 40.3 Å². The van der Waals surface area contributed by atoms with E-state index in [9.17, 15) is 32.7 Å². The number of pyridine rings is 1. The SMILES string of the molecule is O=C1[C@H]2[C@H](CC=C3[C@H]2C[C@H]2C(=O)N(Nc4ncc(C(F)(F)F)cc4Cl)C(=O)[C@@]2(c2ccc(Cl)cc2)[C@H]3c2cccc(F)c2O)C(=O)N1Cc1cccs1. The molecule has 272 valence electrons. The van der Waals surface area contributed by atoms with Crippen molar-refractivity contribution in [3.05, 3.63) is 121 Å². The number of phenols is 1. The van der Waals surface area contributed by atoms with E-state index in [2.05, 4.69) is 10.4 Å². The number of benzene rings is 2. The number of nitrogens with zero attached hydrogens (tertiary/aromatic N) is 3. The molecular formula is C37H26Cl2F4N4O5S. The average Bonchev–Trinajstić information content (AvgIpc) is 3.78. The number of imide groups is 2. The van der Waals surface area contributed by atoms with Gasteiger partial charge >= 0.3 is 6.18 Å². The number of halogens is 6. The summed E-state index contributed by atoms with van der Waals surface area (Å²) in [5, 5.41) is 13.5. The molecule has 3 fully saturated rings. The van der Waals surface area contributed by atoms with Crippen molar-refractivity contribution in [3.63, 3.8) is 0 Å². The summed E-state index contributed by atoms with van der Waals surface area (Å²) in [7, 11) is 0. The maximum absolute atomic E-state index is 15.3. The summed E-state index contributed by atoms with van der Waals surface area (Å²) >= 11 is 13.9. The van der Waals surface area contributed by atoms with Gasteiger partial charge in [0, 0.05) is 27.6 Å². The highest BCUT2D eigenvalue weighted by Gasteiger charge is 2.70. The van der Waals surface area contributed by atoms with E-state index in [0.29, 0.717) is 27.9 Å². The van der Waals surface area contributed by atoms with Crippen LogP contribution in [0.25, 0.3) is 0 Å². The lowest BCUT2D eigenvalue weighted by molar-refractivity contribution is -0.142. The number of hydrazine groups is 1. The van der Waals surface area contributed by atoms with Gasteiger partial charge in [0.1, 0.15) is 0 Å². The summed E-state index contributed by atoms with van der Waals surface area (Å²) in [6.07, 6.45) is -2.55. The Labute approximate surface area is 312 Å². The minimum Gasteiger partial charge on any atom is -0.505 e. The molecule has 6 atom stereocenters. The van der Waals surface area contributed by atoms with Gasteiger partial charge in [0.2, 0.25) is 11.8 Å². The number of nitrogens with one attached hydrogen (secondary N) is 1. The summed E-state index contributed by atoms with van der Waals surface area (Å²) in [5.41, 5.74) is 0.148. The van der Waals surface area contributed by atoms with Crippen molar-refractivity contribution in [1.29, 1.82) is 0 Å². The largest absolute Gasteiger partial charge is 0.505 e. The Morgan fingerprint density at radius 1 is 0.981 bits per heavy atom. The van der Waals surface area contributed by atoms with Gasteiger partial charge in [-0.3, -0.25) is 29.5 Å². The first-order valence-corrected chi connectivity index (χ1v) is 18.1. The molecule has 4 aromatic rings. The van der Waals surface area contributed by atoms with Gasteiger partial charge in [-0.1, -0.05) is 65.2 Å². The number of para-hydroxylation sites is 1. The second-order valence-corrected chi connectivity index (χ2v) is 15.3. The van der Waals surface area contributed by atoms with E-state index in [0.717, 1.165) is 10.9 Å². The highest BCUT2D eigenvalue weighted by molar-refractivity contribution is 7.09. The number of amides is 4. The van der Waals surface area contributed by atoms with Crippen LogP contribution in [0.15, 0.2) is 83.9 Å². The monoisotopic (exact) mass is 784 g/mol. The van der Waals surface area contributed by atoms with Crippen LogP contribution in [-0.2, 0) is 37.3 Å². The zero-order valence-electron chi connectivity index (χ0n) is 27.1. The van der Waals surface area contributed by atoms with E-state index in [4.69, 9.17) is 23.2 Å². The van der Waals surface area contributed by atoms with Crippen LogP contribution in [-0.4, -0.2) is 43.6 Å². The Morgan fingerprint density at radius 3 is 2.42 bits per heavy atom. The van der Waals surface area contributed by atoms with Crippen molar-refractivity contribution in [1.82, 2.24) is 14.9 Å². The van der Waals surface area contributed by atoms with Gasteiger partial charge in [0.15, 0.2) is 17.4 Å². The topological polar surface area (TPSA) is 120 Å². The molecule has 2 aliphatic carbocycles. The Bertz CT molecular complexity index is 2230. The van der Waals surface area contributed by atoms with Gasteiger partial charge in [0.05, 0.1) is 40.3 Å². The molecule has 8 rings (SSSR count). The number of aromatic nitrogens is 1. The lowest BCUT2D eigenvalue weighted by Gasteiger charge is -2.50. The molecule has 4 aliphatic rings. The van der Waals surface area contributed by atoms with Crippen LogP contribution in [0.4, 0.5) is 23.4 Å². The third-order valence-electron chi connectivity index (χ3n) is 10.9. The molecule has 16 heteroatoms. The van der Waals surface area contributed by atoms with Gasteiger partial charge < -0.3 is 5.11 Å². The molecule has 4 heterocycles. The summed E-state index contributed by atoms with van der Waals surface area (Å²) in [4.78, 5) is 63.7. The van der Waals surface area contributed by atoms with Crippen molar-refractivity contribution >= 4 is 64.0 Å². The summed E-state index contributed by atoms with van der Waals surface area (Å²) in [6, 6.07) is 14.1. The fourth-order valence-electron chi connectivity index (χ4n) is 8.67. The second kappa shape index (κ2) is 12.7. The number of aromatic hydroxyl groups is 1. The van der Waals surface area contributed by atoms with E-state index >= 15 is 9.18 Å². The molecule has 0 spiro atoms. The van der Waals surface area contributed by atoms with Crippen molar-refractivity contribution in [2.24, 2.45) is 23.7 Å². The van der Waals surface area contributed by atoms with Crippen LogP contribution < -0.4 is 5.43 Å². The van der Waals surface area contributed by atoms with Crippen molar-refractivity contribution in [3.8, 4) is 5.75 Å². The molecule has 1 saturated carbocycles. The second-order valence-electron chi connectivity index (χ2n) is 13.4. The molecule has 2 aromatic carbocycles. The number of thiophene rings is 1. The minimum atomic E-state index is -4.78. The first-order valence-electron chi connectivity index (χ1n) is 16.4. The Hall–Kier alpha value is -4.79. The van der Waals surface area contributed by atoms with Crippen molar-refractivity contribution < 1.29 is 41.8 Å². The van der Waals surface area contributed by atoms with E-state index in [1.165, 1.54) is 52.6 Å². The normalized spacial score (nSPS) is 26.8. The fraction of sp³-hybridized carbons (Fsp3) is 0.270. The van der Waals surface area contributed by atoms with Crippen LogP contribution in [0, 0.1) is 29.5 Å². The predicted molar refractivity (Wildman–Crippen MR) is 185 cm³/mol. The molecule has 4 amide bonds. The maximum Gasteiger partial charge on any atom is 0.417 e. The van der Waals surface area contributed by atoms with E-state index in [-0.39, 0.29) is 36.4 Å². The molecule has 9 nitrogen and oxygen atoms in total. The van der Waals surface area contributed by atoms with Gasteiger partial charge in [-0.05, 0) is 60.0 Å². The number of carbonyl (C=O) groups excluding carboxylic acids is 4. The number of likely N-dealkylation sites (tertiary alicyclic amines) is 1. The highest BCUT2D eigenvalue weighted by atomic mass is 35.5. The summed E-state index contributed by atoms with van der Waals surface area (Å²) < 4.78 is 55.5. The van der Waals surface area contributed by atoms with E-state index < -0.39 is 86.9 Å².